The summed E-state index contributed by atoms with van der Waals surface area (Å²) >= 11 is 6.21. The van der Waals surface area contributed by atoms with Crippen molar-refractivity contribution in [1.29, 1.82) is 0 Å². The number of aromatic nitrogens is 2. The van der Waals surface area contributed by atoms with E-state index in [1.165, 1.54) is 25.9 Å². The molecule has 1 fully saturated rings. The van der Waals surface area contributed by atoms with Gasteiger partial charge in [-0.25, -0.2) is 9.97 Å². The second-order valence-electron chi connectivity index (χ2n) is 6.15. The molecule has 1 unspecified atom stereocenters. The highest BCUT2D eigenvalue weighted by molar-refractivity contribution is 6.30. The van der Waals surface area contributed by atoms with E-state index in [1.54, 1.807) is 0 Å². The van der Waals surface area contributed by atoms with Gasteiger partial charge in [-0.15, -0.1) is 0 Å². The number of nitrogens with zero attached hydrogens (tertiary/aromatic N) is 3. The quantitative estimate of drug-likeness (QED) is 0.782. The first-order valence-corrected chi connectivity index (χ1v) is 8.47. The molecule has 0 saturated carbocycles. The Kier molecular flexibility index (Phi) is 6.24. The second-order valence-corrected chi connectivity index (χ2v) is 6.51. The van der Waals surface area contributed by atoms with E-state index in [9.17, 15) is 0 Å². The Morgan fingerprint density at radius 2 is 2.00 bits per heavy atom. The molecule has 0 amide bonds. The molecule has 1 aromatic heterocycles. The number of rotatable bonds is 7. The molecule has 2 rings (SSSR count). The van der Waals surface area contributed by atoms with Crippen molar-refractivity contribution in [2.45, 2.75) is 46.5 Å². The van der Waals surface area contributed by atoms with Crippen molar-refractivity contribution in [3.63, 3.8) is 0 Å². The first-order valence-electron chi connectivity index (χ1n) is 8.09. The van der Waals surface area contributed by atoms with Crippen molar-refractivity contribution in [2.24, 2.45) is 5.92 Å². The van der Waals surface area contributed by atoms with Gasteiger partial charge in [0, 0.05) is 25.1 Å². The number of hydrogen-bond donors (Lipinski definition) is 1. The fourth-order valence-electron chi connectivity index (χ4n) is 2.78. The van der Waals surface area contributed by atoms with Crippen LogP contribution >= 0.6 is 11.6 Å². The van der Waals surface area contributed by atoms with Crippen molar-refractivity contribution in [3.8, 4) is 0 Å². The highest BCUT2D eigenvalue weighted by Gasteiger charge is 2.15. The number of anilines is 1. The SMILES string of the molecule is CCCc1nc(Cl)c(C)c(NCC(C)CN2CCCC2)n1. The molecule has 0 radical (unpaired) electrons. The van der Waals surface area contributed by atoms with Gasteiger partial charge in [-0.05, 0) is 45.2 Å². The average molecular weight is 311 g/mol. The lowest BCUT2D eigenvalue weighted by Gasteiger charge is -2.21. The number of halogens is 1. The standard InChI is InChI=1S/C16H27ClN4/c1-4-7-14-19-15(17)13(3)16(20-14)18-10-12(2)11-21-8-5-6-9-21/h12H,4-11H2,1-3H3,(H,18,19,20). The van der Waals surface area contributed by atoms with Gasteiger partial charge < -0.3 is 10.2 Å². The molecule has 4 nitrogen and oxygen atoms in total. The van der Waals surface area contributed by atoms with Crippen molar-refractivity contribution < 1.29 is 0 Å². The van der Waals surface area contributed by atoms with Crippen LogP contribution in [0.4, 0.5) is 5.82 Å². The predicted molar refractivity (Wildman–Crippen MR) is 89.1 cm³/mol. The topological polar surface area (TPSA) is 41.1 Å². The minimum absolute atomic E-state index is 0.572. The molecule has 1 N–H and O–H groups in total. The van der Waals surface area contributed by atoms with Crippen LogP contribution in [-0.4, -0.2) is 41.0 Å². The van der Waals surface area contributed by atoms with Gasteiger partial charge >= 0.3 is 0 Å². The van der Waals surface area contributed by atoms with E-state index < -0.39 is 0 Å². The fraction of sp³-hybridized carbons (Fsp3) is 0.750. The summed E-state index contributed by atoms with van der Waals surface area (Å²) in [5.41, 5.74) is 0.949. The summed E-state index contributed by atoms with van der Waals surface area (Å²) < 4.78 is 0. The molecule has 2 heterocycles. The van der Waals surface area contributed by atoms with Crippen LogP contribution in [0.25, 0.3) is 0 Å². The summed E-state index contributed by atoms with van der Waals surface area (Å²) in [6, 6.07) is 0. The van der Waals surface area contributed by atoms with E-state index in [-0.39, 0.29) is 0 Å². The number of hydrogen-bond acceptors (Lipinski definition) is 4. The summed E-state index contributed by atoms with van der Waals surface area (Å²) in [5, 5.41) is 4.04. The monoisotopic (exact) mass is 310 g/mol. The zero-order valence-corrected chi connectivity index (χ0v) is 14.2. The van der Waals surface area contributed by atoms with Gasteiger partial charge in [0.25, 0.3) is 0 Å². The number of likely N-dealkylation sites (tertiary alicyclic amines) is 1. The lowest BCUT2D eigenvalue weighted by atomic mass is 10.1. The van der Waals surface area contributed by atoms with Gasteiger partial charge in [0.1, 0.15) is 16.8 Å². The molecule has 0 aliphatic carbocycles. The summed E-state index contributed by atoms with van der Waals surface area (Å²) in [4.78, 5) is 11.5. The molecule has 1 aliphatic rings. The molecule has 1 aromatic rings. The van der Waals surface area contributed by atoms with Crippen molar-refractivity contribution in [2.75, 3.05) is 31.5 Å². The maximum absolute atomic E-state index is 6.21. The molecule has 1 atom stereocenters. The van der Waals surface area contributed by atoms with Gasteiger partial charge in [-0.3, -0.25) is 0 Å². The molecule has 0 bridgehead atoms. The van der Waals surface area contributed by atoms with Gasteiger partial charge in [0.2, 0.25) is 0 Å². The van der Waals surface area contributed by atoms with E-state index in [1.807, 2.05) is 6.92 Å². The van der Waals surface area contributed by atoms with Crippen LogP contribution < -0.4 is 5.32 Å². The Morgan fingerprint density at radius 3 is 2.67 bits per heavy atom. The summed E-state index contributed by atoms with van der Waals surface area (Å²) in [6.45, 7) is 11.0. The number of aryl methyl sites for hydroxylation is 1. The molecular formula is C16H27ClN4. The van der Waals surface area contributed by atoms with Crippen LogP contribution in [0.1, 0.15) is 44.5 Å². The Balaban J connectivity index is 1.91. The Labute approximate surface area is 133 Å². The minimum Gasteiger partial charge on any atom is -0.369 e. The van der Waals surface area contributed by atoms with Crippen molar-refractivity contribution in [3.05, 3.63) is 16.5 Å². The highest BCUT2D eigenvalue weighted by Crippen LogP contribution is 2.21. The fourth-order valence-corrected chi connectivity index (χ4v) is 2.97. The molecule has 0 aromatic carbocycles. The zero-order valence-electron chi connectivity index (χ0n) is 13.5. The Hall–Kier alpha value is -0.870. The second kappa shape index (κ2) is 7.95. The van der Waals surface area contributed by atoms with E-state index in [4.69, 9.17) is 11.6 Å². The van der Waals surface area contributed by atoms with Crippen LogP contribution in [-0.2, 0) is 6.42 Å². The maximum atomic E-state index is 6.21. The first-order chi connectivity index (χ1) is 10.1. The third-order valence-electron chi connectivity index (χ3n) is 3.99. The molecule has 5 heteroatoms. The van der Waals surface area contributed by atoms with Gasteiger partial charge in [-0.1, -0.05) is 25.4 Å². The molecule has 0 spiro atoms. The largest absolute Gasteiger partial charge is 0.369 e. The van der Waals surface area contributed by atoms with Gasteiger partial charge in [-0.2, -0.15) is 0 Å². The van der Waals surface area contributed by atoms with Crippen LogP contribution in [0.15, 0.2) is 0 Å². The Bertz CT molecular complexity index is 458. The molecule has 21 heavy (non-hydrogen) atoms. The third kappa shape index (κ3) is 4.82. The minimum atomic E-state index is 0.572. The van der Waals surface area contributed by atoms with Crippen LogP contribution in [0.2, 0.25) is 5.15 Å². The predicted octanol–water partition coefficient (Wildman–Crippen LogP) is 3.53. The zero-order chi connectivity index (χ0) is 15.2. The molecular weight excluding hydrogens is 284 g/mol. The van der Waals surface area contributed by atoms with E-state index in [0.29, 0.717) is 11.1 Å². The third-order valence-corrected chi connectivity index (χ3v) is 4.36. The first kappa shape index (κ1) is 16.5. The van der Waals surface area contributed by atoms with E-state index in [2.05, 4.69) is 34.0 Å². The summed E-state index contributed by atoms with van der Waals surface area (Å²) in [7, 11) is 0. The van der Waals surface area contributed by atoms with Crippen molar-refractivity contribution in [1.82, 2.24) is 14.9 Å². The Morgan fingerprint density at radius 1 is 1.29 bits per heavy atom. The van der Waals surface area contributed by atoms with E-state index >= 15 is 0 Å². The van der Waals surface area contributed by atoms with Gasteiger partial charge in [0.05, 0.1) is 0 Å². The van der Waals surface area contributed by atoms with Gasteiger partial charge in [0.15, 0.2) is 0 Å². The summed E-state index contributed by atoms with van der Waals surface area (Å²) in [5.74, 6) is 2.33. The van der Waals surface area contributed by atoms with Crippen LogP contribution in [0.5, 0.6) is 0 Å². The average Bonchev–Trinajstić information content (AvgIpc) is 2.94. The maximum Gasteiger partial charge on any atom is 0.137 e. The molecule has 118 valence electrons. The smallest absolute Gasteiger partial charge is 0.137 e. The molecule has 1 saturated heterocycles. The van der Waals surface area contributed by atoms with Crippen LogP contribution in [0, 0.1) is 12.8 Å². The van der Waals surface area contributed by atoms with E-state index in [0.717, 1.165) is 43.1 Å². The normalized spacial score (nSPS) is 17.1. The molecule has 1 aliphatic heterocycles. The number of nitrogens with one attached hydrogen (secondary N) is 1. The lowest BCUT2D eigenvalue weighted by molar-refractivity contribution is 0.294. The van der Waals surface area contributed by atoms with Crippen LogP contribution in [0.3, 0.4) is 0 Å². The van der Waals surface area contributed by atoms with Crippen molar-refractivity contribution >= 4 is 17.4 Å². The summed E-state index contributed by atoms with van der Waals surface area (Å²) in [6.07, 6.45) is 4.60. The highest BCUT2D eigenvalue weighted by atomic mass is 35.5. The lowest BCUT2D eigenvalue weighted by Crippen LogP contribution is -2.29.